The zero-order chi connectivity index (χ0) is 10.3. The van der Waals surface area contributed by atoms with Gasteiger partial charge in [0.25, 0.3) is 0 Å². The van der Waals surface area contributed by atoms with Gasteiger partial charge in [-0.15, -0.1) is 0 Å². The van der Waals surface area contributed by atoms with E-state index in [-0.39, 0.29) is 5.75 Å². The first-order chi connectivity index (χ1) is 6.59. The molecule has 0 bridgehead atoms. The first kappa shape index (κ1) is 9.27. The Balaban J connectivity index is 2.98. The smallest absolute Gasteiger partial charge is 0.350 e. The van der Waals surface area contributed by atoms with E-state index in [1.165, 1.54) is 6.07 Å². The summed E-state index contributed by atoms with van der Waals surface area (Å²) in [6.45, 7) is 1.82. The molecule has 72 valence electrons. The SMILES string of the molecule is Cc1c(Br)c(=O)oc2cc(O)ccc12. The van der Waals surface area contributed by atoms with Gasteiger partial charge < -0.3 is 9.52 Å². The van der Waals surface area contributed by atoms with Gasteiger partial charge in [0.2, 0.25) is 0 Å². The standard InChI is InChI=1S/C10H7BrO3/c1-5-7-3-2-6(12)4-8(7)14-10(13)9(5)11/h2-4,12H,1H3. The normalized spacial score (nSPS) is 10.7. The van der Waals surface area contributed by atoms with Gasteiger partial charge in [0.15, 0.2) is 0 Å². The molecule has 0 atom stereocenters. The highest BCUT2D eigenvalue weighted by Crippen LogP contribution is 2.25. The van der Waals surface area contributed by atoms with Crippen molar-refractivity contribution in [1.29, 1.82) is 0 Å². The molecule has 2 rings (SSSR count). The molecule has 0 aliphatic carbocycles. The van der Waals surface area contributed by atoms with Crippen molar-refractivity contribution in [1.82, 2.24) is 0 Å². The van der Waals surface area contributed by atoms with Crippen molar-refractivity contribution in [2.75, 3.05) is 0 Å². The number of phenols is 1. The molecule has 0 aliphatic rings. The van der Waals surface area contributed by atoms with E-state index in [4.69, 9.17) is 4.42 Å². The molecule has 1 aromatic heterocycles. The number of aromatic hydroxyl groups is 1. The monoisotopic (exact) mass is 254 g/mol. The van der Waals surface area contributed by atoms with Crippen LogP contribution in [0.25, 0.3) is 11.0 Å². The summed E-state index contributed by atoms with van der Waals surface area (Å²) in [6.07, 6.45) is 0. The maximum atomic E-state index is 11.3. The van der Waals surface area contributed by atoms with E-state index < -0.39 is 5.63 Å². The quantitative estimate of drug-likeness (QED) is 0.736. The van der Waals surface area contributed by atoms with Crippen molar-refractivity contribution in [3.05, 3.63) is 38.7 Å². The van der Waals surface area contributed by atoms with Gasteiger partial charge >= 0.3 is 5.63 Å². The van der Waals surface area contributed by atoms with Gasteiger partial charge in [-0.25, -0.2) is 4.79 Å². The predicted molar refractivity (Wildman–Crippen MR) is 56.6 cm³/mol. The predicted octanol–water partition coefficient (Wildman–Crippen LogP) is 2.57. The summed E-state index contributed by atoms with van der Waals surface area (Å²) in [5.74, 6) is 0.0855. The van der Waals surface area contributed by atoms with Crippen LogP contribution in [0.15, 0.2) is 31.9 Å². The van der Waals surface area contributed by atoms with E-state index in [1.807, 2.05) is 6.92 Å². The van der Waals surface area contributed by atoms with Gasteiger partial charge in [0, 0.05) is 11.5 Å². The van der Waals surface area contributed by atoms with E-state index in [0.29, 0.717) is 10.1 Å². The fraction of sp³-hybridized carbons (Fsp3) is 0.100. The summed E-state index contributed by atoms with van der Waals surface area (Å²) in [5, 5.41) is 10.0. The number of halogens is 1. The number of hydrogen-bond acceptors (Lipinski definition) is 3. The Bertz CT molecular complexity index is 557. The molecule has 2 aromatic rings. The Morgan fingerprint density at radius 3 is 2.86 bits per heavy atom. The molecule has 0 saturated heterocycles. The lowest BCUT2D eigenvalue weighted by atomic mass is 10.1. The first-order valence-corrected chi connectivity index (χ1v) is 4.81. The summed E-state index contributed by atoms with van der Waals surface area (Å²) < 4.78 is 5.42. The molecule has 0 radical (unpaired) electrons. The molecule has 0 saturated carbocycles. The highest BCUT2D eigenvalue weighted by molar-refractivity contribution is 9.10. The molecule has 1 heterocycles. The summed E-state index contributed by atoms with van der Waals surface area (Å²) in [5.41, 5.74) is 0.785. The van der Waals surface area contributed by atoms with E-state index >= 15 is 0 Å². The van der Waals surface area contributed by atoms with E-state index in [2.05, 4.69) is 15.9 Å². The molecule has 1 aromatic carbocycles. The molecule has 4 heteroatoms. The highest BCUT2D eigenvalue weighted by atomic mass is 79.9. The van der Waals surface area contributed by atoms with E-state index in [0.717, 1.165) is 10.9 Å². The highest BCUT2D eigenvalue weighted by Gasteiger charge is 2.08. The Morgan fingerprint density at radius 2 is 2.14 bits per heavy atom. The van der Waals surface area contributed by atoms with Crippen LogP contribution in [-0.2, 0) is 0 Å². The fourth-order valence-corrected chi connectivity index (χ4v) is 1.62. The van der Waals surface area contributed by atoms with Gasteiger partial charge in [0.05, 0.1) is 0 Å². The number of benzene rings is 1. The minimum atomic E-state index is -0.430. The second kappa shape index (κ2) is 3.13. The molecular formula is C10H7BrO3. The Morgan fingerprint density at radius 1 is 1.43 bits per heavy atom. The second-order valence-electron chi connectivity index (χ2n) is 3.01. The third-order valence-electron chi connectivity index (χ3n) is 2.08. The minimum absolute atomic E-state index is 0.0855. The average molecular weight is 255 g/mol. The van der Waals surface area contributed by atoms with E-state index in [9.17, 15) is 9.90 Å². The molecule has 0 amide bonds. The van der Waals surface area contributed by atoms with Crippen LogP contribution in [0, 0.1) is 6.92 Å². The largest absolute Gasteiger partial charge is 0.508 e. The third-order valence-corrected chi connectivity index (χ3v) is 3.00. The number of aryl methyl sites for hydroxylation is 1. The van der Waals surface area contributed by atoms with Crippen molar-refractivity contribution >= 4 is 26.9 Å². The Hall–Kier alpha value is -1.29. The number of hydrogen-bond donors (Lipinski definition) is 1. The van der Waals surface area contributed by atoms with Crippen LogP contribution in [-0.4, -0.2) is 5.11 Å². The van der Waals surface area contributed by atoms with Crippen LogP contribution in [0.1, 0.15) is 5.56 Å². The van der Waals surface area contributed by atoms with Crippen LogP contribution < -0.4 is 5.63 Å². The van der Waals surface area contributed by atoms with Crippen molar-refractivity contribution in [3.63, 3.8) is 0 Å². The summed E-state index contributed by atoms with van der Waals surface area (Å²) in [4.78, 5) is 11.3. The summed E-state index contributed by atoms with van der Waals surface area (Å²) in [7, 11) is 0. The van der Waals surface area contributed by atoms with Crippen LogP contribution in [0.3, 0.4) is 0 Å². The van der Waals surface area contributed by atoms with Crippen molar-refractivity contribution in [2.45, 2.75) is 6.92 Å². The van der Waals surface area contributed by atoms with Gasteiger partial charge in [-0.2, -0.15) is 0 Å². The van der Waals surface area contributed by atoms with Gasteiger partial charge in [0.1, 0.15) is 15.8 Å². The molecule has 0 aliphatic heterocycles. The van der Waals surface area contributed by atoms with Crippen molar-refractivity contribution in [3.8, 4) is 5.75 Å². The molecule has 0 spiro atoms. The summed E-state index contributed by atoms with van der Waals surface area (Å²) in [6, 6.07) is 4.70. The maximum Gasteiger partial charge on any atom is 0.350 e. The third kappa shape index (κ3) is 1.32. The minimum Gasteiger partial charge on any atom is -0.508 e. The molecule has 1 N–H and O–H groups in total. The van der Waals surface area contributed by atoms with Crippen LogP contribution in [0.5, 0.6) is 5.75 Å². The van der Waals surface area contributed by atoms with Crippen molar-refractivity contribution < 1.29 is 9.52 Å². The molecule has 0 fully saturated rings. The molecular weight excluding hydrogens is 248 g/mol. The number of fused-ring (bicyclic) bond motifs is 1. The van der Waals surface area contributed by atoms with Gasteiger partial charge in [-0.1, -0.05) is 0 Å². The Kier molecular flexibility index (Phi) is 2.07. The fourth-order valence-electron chi connectivity index (χ4n) is 1.32. The zero-order valence-corrected chi connectivity index (χ0v) is 8.96. The zero-order valence-electron chi connectivity index (χ0n) is 7.37. The molecule has 14 heavy (non-hydrogen) atoms. The maximum absolute atomic E-state index is 11.3. The lowest BCUT2D eigenvalue weighted by Gasteiger charge is -2.02. The van der Waals surface area contributed by atoms with Crippen molar-refractivity contribution in [2.24, 2.45) is 0 Å². The lowest BCUT2D eigenvalue weighted by molar-refractivity contribution is 0.473. The topological polar surface area (TPSA) is 50.4 Å². The molecule has 0 unspecified atom stereocenters. The first-order valence-electron chi connectivity index (χ1n) is 4.01. The second-order valence-corrected chi connectivity index (χ2v) is 3.80. The number of rotatable bonds is 0. The van der Waals surface area contributed by atoms with Gasteiger partial charge in [-0.05, 0) is 40.5 Å². The number of phenolic OH excluding ortho intramolecular Hbond substituents is 1. The summed E-state index contributed by atoms with van der Waals surface area (Å²) >= 11 is 3.15. The van der Waals surface area contributed by atoms with Crippen LogP contribution in [0.2, 0.25) is 0 Å². The molecule has 3 nitrogen and oxygen atoms in total. The average Bonchev–Trinajstić information content (AvgIpc) is 2.14. The lowest BCUT2D eigenvalue weighted by Crippen LogP contribution is -2.01. The van der Waals surface area contributed by atoms with Crippen LogP contribution in [0.4, 0.5) is 0 Å². The Labute approximate surface area is 88.1 Å². The van der Waals surface area contributed by atoms with E-state index in [1.54, 1.807) is 12.1 Å². The van der Waals surface area contributed by atoms with Gasteiger partial charge in [-0.3, -0.25) is 0 Å². The van der Waals surface area contributed by atoms with Crippen LogP contribution >= 0.6 is 15.9 Å².